The summed E-state index contributed by atoms with van der Waals surface area (Å²) in [6.07, 6.45) is 0.808. The molecule has 0 atom stereocenters. The third kappa shape index (κ3) is 2.03. The Morgan fingerprint density at radius 1 is 1.15 bits per heavy atom. The number of fused-ring (bicyclic) bond motifs is 1. The number of anilines is 1. The van der Waals surface area contributed by atoms with Crippen LogP contribution in [0.3, 0.4) is 0 Å². The van der Waals surface area contributed by atoms with Gasteiger partial charge in [0, 0.05) is 26.7 Å². The van der Waals surface area contributed by atoms with Crippen molar-refractivity contribution in [2.75, 3.05) is 11.9 Å². The van der Waals surface area contributed by atoms with Crippen LogP contribution in [0.2, 0.25) is 0 Å². The maximum Gasteiger partial charge on any atom is 0.332 e. The maximum atomic E-state index is 12.4. The lowest BCUT2D eigenvalue weighted by molar-refractivity contribution is 0.609. The number of nitrogens with zero attached hydrogens (tertiary/aromatic N) is 4. The summed E-state index contributed by atoms with van der Waals surface area (Å²) in [4.78, 5) is 29.0. The Balaban J connectivity index is 2.93. The average molecular weight is 279 g/mol. The SMILES string of the molecule is CCCn1c(=O)n(C)c(=O)c2c1nc(NCC)n2CC. The summed E-state index contributed by atoms with van der Waals surface area (Å²) >= 11 is 0. The predicted octanol–water partition coefficient (Wildman–Crippen LogP) is 0.758. The van der Waals surface area contributed by atoms with Gasteiger partial charge in [-0.1, -0.05) is 6.92 Å². The van der Waals surface area contributed by atoms with Gasteiger partial charge in [-0.25, -0.2) is 4.79 Å². The lowest BCUT2D eigenvalue weighted by Crippen LogP contribution is -2.38. The van der Waals surface area contributed by atoms with Crippen molar-refractivity contribution in [3.63, 3.8) is 0 Å². The number of imidazole rings is 1. The van der Waals surface area contributed by atoms with Crippen LogP contribution in [0, 0.1) is 0 Å². The second-order valence-electron chi connectivity index (χ2n) is 4.68. The molecule has 0 amide bonds. The van der Waals surface area contributed by atoms with E-state index in [1.54, 1.807) is 4.57 Å². The van der Waals surface area contributed by atoms with E-state index in [9.17, 15) is 9.59 Å². The van der Waals surface area contributed by atoms with Gasteiger partial charge in [-0.05, 0) is 20.3 Å². The standard InChI is InChI=1S/C13H21N5O2/c1-5-8-18-10-9(11(19)16(4)13(18)20)17(7-3)12(15-10)14-6-2/h5-8H2,1-4H3,(H,14,15). The molecule has 0 aliphatic heterocycles. The summed E-state index contributed by atoms with van der Waals surface area (Å²) in [6.45, 7) is 7.80. The molecule has 0 saturated heterocycles. The van der Waals surface area contributed by atoms with Crippen molar-refractivity contribution >= 4 is 17.1 Å². The molecule has 7 nitrogen and oxygen atoms in total. The summed E-state index contributed by atoms with van der Waals surface area (Å²) in [5, 5.41) is 3.14. The van der Waals surface area contributed by atoms with Crippen LogP contribution in [0.4, 0.5) is 5.95 Å². The first kappa shape index (κ1) is 14.4. The smallest absolute Gasteiger partial charge is 0.332 e. The summed E-state index contributed by atoms with van der Waals surface area (Å²) in [5.41, 5.74) is 0.348. The van der Waals surface area contributed by atoms with Crippen LogP contribution in [-0.2, 0) is 20.1 Å². The van der Waals surface area contributed by atoms with Crippen molar-refractivity contribution in [2.24, 2.45) is 7.05 Å². The molecule has 2 heterocycles. The van der Waals surface area contributed by atoms with E-state index in [0.717, 1.165) is 11.0 Å². The van der Waals surface area contributed by atoms with E-state index in [0.29, 0.717) is 36.7 Å². The van der Waals surface area contributed by atoms with Crippen LogP contribution in [0.5, 0.6) is 0 Å². The molecular formula is C13H21N5O2. The molecule has 0 spiro atoms. The monoisotopic (exact) mass is 279 g/mol. The first-order valence-corrected chi connectivity index (χ1v) is 7.00. The second-order valence-corrected chi connectivity index (χ2v) is 4.68. The molecule has 20 heavy (non-hydrogen) atoms. The quantitative estimate of drug-likeness (QED) is 0.877. The molecule has 7 heteroatoms. The molecule has 2 rings (SSSR count). The molecular weight excluding hydrogens is 258 g/mol. The highest BCUT2D eigenvalue weighted by Crippen LogP contribution is 2.15. The number of aryl methyl sites for hydroxylation is 2. The van der Waals surface area contributed by atoms with Crippen molar-refractivity contribution in [2.45, 2.75) is 40.3 Å². The highest BCUT2D eigenvalue weighted by molar-refractivity contribution is 5.74. The van der Waals surface area contributed by atoms with Crippen LogP contribution >= 0.6 is 0 Å². The van der Waals surface area contributed by atoms with Gasteiger partial charge in [0.1, 0.15) is 0 Å². The number of hydrogen-bond donors (Lipinski definition) is 1. The van der Waals surface area contributed by atoms with Gasteiger partial charge in [-0.2, -0.15) is 4.98 Å². The number of rotatable bonds is 5. The lowest BCUT2D eigenvalue weighted by Gasteiger charge is -2.08. The Morgan fingerprint density at radius 3 is 2.40 bits per heavy atom. The molecule has 0 saturated carbocycles. The van der Waals surface area contributed by atoms with Gasteiger partial charge in [-0.3, -0.25) is 13.9 Å². The Bertz CT molecular complexity index is 738. The summed E-state index contributed by atoms with van der Waals surface area (Å²) < 4.78 is 4.55. The molecule has 0 unspecified atom stereocenters. The zero-order valence-electron chi connectivity index (χ0n) is 12.4. The van der Waals surface area contributed by atoms with Gasteiger partial charge in [0.15, 0.2) is 11.2 Å². The van der Waals surface area contributed by atoms with Crippen LogP contribution in [0.25, 0.3) is 11.2 Å². The van der Waals surface area contributed by atoms with Crippen molar-refractivity contribution < 1.29 is 0 Å². The third-order valence-electron chi connectivity index (χ3n) is 3.33. The van der Waals surface area contributed by atoms with Crippen LogP contribution in [0.15, 0.2) is 9.59 Å². The minimum Gasteiger partial charge on any atom is -0.356 e. The van der Waals surface area contributed by atoms with Crippen molar-refractivity contribution in [3.05, 3.63) is 20.8 Å². The number of hydrogen-bond acceptors (Lipinski definition) is 4. The molecule has 0 fully saturated rings. The highest BCUT2D eigenvalue weighted by Gasteiger charge is 2.18. The number of nitrogens with one attached hydrogen (secondary N) is 1. The molecule has 0 radical (unpaired) electrons. The fourth-order valence-corrected chi connectivity index (χ4v) is 2.38. The molecule has 0 aliphatic rings. The fourth-order valence-electron chi connectivity index (χ4n) is 2.38. The molecule has 110 valence electrons. The zero-order chi connectivity index (χ0) is 14.9. The van der Waals surface area contributed by atoms with Crippen molar-refractivity contribution in [1.29, 1.82) is 0 Å². The van der Waals surface area contributed by atoms with Crippen LogP contribution in [-0.4, -0.2) is 25.2 Å². The molecule has 0 aromatic carbocycles. The van der Waals surface area contributed by atoms with Gasteiger partial charge in [0.25, 0.3) is 5.56 Å². The van der Waals surface area contributed by atoms with Gasteiger partial charge in [-0.15, -0.1) is 0 Å². The normalized spacial score (nSPS) is 11.2. The first-order chi connectivity index (χ1) is 9.56. The van der Waals surface area contributed by atoms with Gasteiger partial charge in [0.2, 0.25) is 5.95 Å². The van der Waals surface area contributed by atoms with Crippen LogP contribution < -0.4 is 16.6 Å². The largest absolute Gasteiger partial charge is 0.356 e. The Kier molecular flexibility index (Phi) is 3.96. The summed E-state index contributed by atoms with van der Waals surface area (Å²) in [5.74, 6) is 0.637. The maximum absolute atomic E-state index is 12.4. The van der Waals surface area contributed by atoms with E-state index in [1.807, 2.05) is 25.3 Å². The fraction of sp³-hybridized carbons (Fsp3) is 0.615. The Labute approximate surface area is 116 Å². The van der Waals surface area contributed by atoms with Crippen molar-refractivity contribution in [1.82, 2.24) is 18.7 Å². The Morgan fingerprint density at radius 2 is 1.85 bits per heavy atom. The summed E-state index contributed by atoms with van der Waals surface area (Å²) in [6, 6.07) is 0. The van der Waals surface area contributed by atoms with E-state index < -0.39 is 0 Å². The van der Waals surface area contributed by atoms with E-state index in [1.165, 1.54) is 7.05 Å². The zero-order valence-corrected chi connectivity index (χ0v) is 12.4. The first-order valence-electron chi connectivity index (χ1n) is 7.00. The van der Waals surface area contributed by atoms with E-state index in [2.05, 4.69) is 10.3 Å². The van der Waals surface area contributed by atoms with Gasteiger partial charge in [0.05, 0.1) is 0 Å². The second kappa shape index (κ2) is 5.52. The van der Waals surface area contributed by atoms with E-state index in [4.69, 9.17) is 0 Å². The highest BCUT2D eigenvalue weighted by atomic mass is 16.2. The predicted molar refractivity (Wildman–Crippen MR) is 79.4 cm³/mol. The van der Waals surface area contributed by atoms with Crippen molar-refractivity contribution in [3.8, 4) is 0 Å². The number of aromatic nitrogens is 4. The molecule has 2 aromatic heterocycles. The minimum absolute atomic E-state index is 0.296. The van der Waals surface area contributed by atoms with Gasteiger partial charge >= 0.3 is 5.69 Å². The Hall–Kier alpha value is -2.05. The topological polar surface area (TPSA) is 73.8 Å². The lowest BCUT2D eigenvalue weighted by atomic mass is 10.4. The van der Waals surface area contributed by atoms with E-state index >= 15 is 0 Å². The average Bonchev–Trinajstić information content (AvgIpc) is 2.80. The van der Waals surface area contributed by atoms with E-state index in [-0.39, 0.29) is 11.2 Å². The molecule has 2 aromatic rings. The molecule has 0 aliphatic carbocycles. The molecule has 1 N–H and O–H groups in total. The summed E-state index contributed by atoms with van der Waals surface area (Å²) in [7, 11) is 1.51. The minimum atomic E-state index is -0.312. The van der Waals surface area contributed by atoms with Crippen LogP contribution in [0.1, 0.15) is 27.2 Å². The van der Waals surface area contributed by atoms with Gasteiger partial charge < -0.3 is 9.88 Å². The molecule has 0 bridgehead atoms. The third-order valence-corrected chi connectivity index (χ3v) is 3.33.